The lowest BCUT2D eigenvalue weighted by atomic mass is 10.2. The number of pyridine rings is 1. The topological polar surface area (TPSA) is 59.1 Å². The zero-order valence-electron chi connectivity index (χ0n) is 9.38. The van der Waals surface area contributed by atoms with Crippen molar-refractivity contribution in [1.29, 1.82) is 0 Å². The van der Waals surface area contributed by atoms with Crippen molar-refractivity contribution < 1.29 is 8.42 Å². The standard InChI is InChI=1S/C12H11ClN2O2S/c13-12-4-2-1-3-10(12)9-18(16,17)15-11-5-7-14-8-6-11/h1-8H,9H2,(H,14,15). The summed E-state index contributed by atoms with van der Waals surface area (Å²) in [6, 6.07) is 10.0. The van der Waals surface area contributed by atoms with E-state index >= 15 is 0 Å². The highest BCUT2D eigenvalue weighted by Crippen LogP contribution is 2.18. The fourth-order valence-electron chi connectivity index (χ4n) is 1.46. The average molecular weight is 283 g/mol. The van der Waals surface area contributed by atoms with Gasteiger partial charge in [-0.25, -0.2) is 8.42 Å². The Bertz CT molecular complexity index is 630. The molecule has 0 aliphatic rings. The third-order valence-electron chi connectivity index (χ3n) is 2.26. The quantitative estimate of drug-likeness (QED) is 0.938. The molecule has 0 unspecified atom stereocenters. The number of benzene rings is 1. The van der Waals surface area contributed by atoms with E-state index in [1.807, 2.05) is 0 Å². The molecule has 18 heavy (non-hydrogen) atoms. The first-order valence-electron chi connectivity index (χ1n) is 5.21. The van der Waals surface area contributed by atoms with Crippen molar-refractivity contribution in [1.82, 2.24) is 4.98 Å². The van der Waals surface area contributed by atoms with E-state index in [1.54, 1.807) is 36.4 Å². The molecule has 0 aliphatic carbocycles. The summed E-state index contributed by atoms with van der Waals surface area (Å²) in [7, 11) is -3.47. The summed E-state index contributed by atoms with van der Waals surface area (Å²) in [5.41, 5.74) is 1.05. The molecule has 0 aliphatic heterocycles. The lowest BCUT2D eigenvalue weighted by molar-refractivity contribution is 0.600. The normalized spacial score (nSPS) is 11.2. The van der Waals surface area contributed by atoms with Crippen LogP contribution >= 0.6 is 11.6 Å². The van der Waals surface area contributed by atoms with E-state index in [9.17, 15) is 8.42 Å². The Morgan fingerprint density at radius 1 is 1.11 bits per heavy atom. The van der Waals surface area contributed by atoms with Gasteiger partial charge in [0.1, 0.15) is 0 Å². The third-order valence-corrected chi connectivity index (χ3v) is 3.86. The molecule has 0 saturated heterocycles. The first-order chi connectivity index (χ1) is 8.57. The highest BCUT2D eigenvalue weighted by molar-refractivity contribution is 7.91. The molecule has 0 amide bonds. The molecule has 4 nitrogen and oxygen atoms in total. The van der Waals surface area contributed by atoms with Crippen LogP contribution in [0.1, 0.15) is 5.56 Å². The molecule has 6 heteroatoms. The van der Waals surface area contributed by atoms with Crippen LogP contribution in [-0.2, 0) is 15.8 Å². The maximum absolute atomic E-state index is 11.9. The largest absolute Gasteiger partial charge is 0.283 e. The number of sulfonamides is 1. The van der Waals surface area contributed by atoms with Gasteiger partial charge in [0.05, 0.1) is 11.4 Å². The van der Waals surface area contributed by atoms with E-state index in [2.05, 4.69) is 9.71 Å². The van der Waals surface area contributed by atoms with Crippen LogP contribution in [0.4, 0.5) is 5.69 Å². The second kappa shape index (κ2) is 5.37. The van der Waals surface area contributed by atoms with Crippen LogP contribution < -0.4 is 4.72 Å². The van der Waals surface area contributed by atoms with Gasteiger partial charge in [0.15, 0.2) is 0 Å². The predicted molar refractivity (Wildman–Crippen MR) is 71.9 cm³/mol. The number of nitrogens with zero attached hydrogens (tertiary/aromatic N) is 1. The molecule has 0 radical (unpaired) electrons. The molecule has 94 valence electrons. The van der Waals surface area contributed by atoms with Crippen molar-refractivity contribution >= 4 is 27.3 Å². The van der Waals surface area contributed by atoms with Crippen molar-refractivity contribution in [3.8, 4) is 0 Å². The zero-order chi connectivity index (χ0) is 13.0. The summed E-state index contributed by atoms with van der Waals surface area (Å²) >= 11 is 5.93. The fraction of sp³-hybridized carbons (Fsp3) is 0.0833. The van der Waals surface area contributed by atoms with Gasteiger partial charge < -0.3 is 0 Å². The van der Waals surface area contributed by atoms with E-state index in [1.165, 1.54) is 12.4 Å². The number of hydrogen-bond acceptors (Lipinski definition) is 3. The molecule has 0 fully saturated rings. The second-order valence-corrected chi connectivity index (χ2v) is 5.82. The first kappa shape index (κ1) is 12.9. The molecule has 2 aromatic rings. The van der Waals surface area contributed by atoms with Gasteiger partial charge in [0.2, 0.25) is 10.0 Å². The van der Waals surface area contributed by atoms with E-state index in [0.717, 1.165) is 0 Å². The lowest BCUT2D eigenvalue weighted by Crippen LogP contribution is -2.15. The zero-order valence-corrected chi connectivity index (χ0v) is 10.9. The Balaban J connectivity index is 2.16. The van der Waals surface area contributed by atoms with Gasteiger partial charge in [-0.2, -0.15) is 0 Å². The van der Waals surface area contributed by atoms with Gasteiger partial charge in [-0.15, -0.1) is 0 Å². The monoisotopic (exact) mass is 282 g/mol. The number of aromatic nitrogens is 1. The fourth-order valence-corrected chi connectivity index (χ4v) is 2.97. The summed E-state index contributed by atoms with van der Waals surface area (Å²) in [6.07, 6.45) is 3.04. The molecular weight excluding hydrogens is 272 g/mol. The smallest absolute Gasteiger partial charge is 0.236 e. The summed E-state index contributed by atoms with van der Waals surface area (Å²) in [5.74, 6) is -0.158. The van der Waals surface area contributed by atoms with Crippen LogP contribution in [0.2, 0.25) is 5.02 Å². The van der Waals surface area contributed by atoms with Crippen molar-refractivity contribution in [2.45, 2.75) is 5.75 Å². The van der Waals surface area contributed by atoms with Crippen molar-refractivity contribution in [3.63, 3.8) is 0 Å². The number of anilines is 1. The van der Waals surface area contributed by atoms with E-state index < -0.39 is 10.0 Å². The second-order valence-electron chi connectivity index (χ2n) is 3.69. The van der Waals surface area contributed by atoms with Gasteiger partial charge >= 0.3 is 0 Å². The van der Waals surface area contributed by atoms with Crippen LogP contribution in [0.15, 0.2) is 48.8 Å². The Hall–Kier alpha value is -1.59. The molecule has 0 saturated carbocycles. The average Bonchev–Trinajstić information content (AvgIpc) is 2.32. The first-order valence-corrected chi connectivity index (χ1v) is 7.24. The van der Waals surface area contributed by atoms with Crippen LogP contribution in [0.3, 0.4) is 0 Å². The Morgan fingerprint density at radius 3 is 2.44 bits per heavy atom. The molecule has 1 aromatic heterocycles. The highest BCUT2D eigenvalue weighted by Gasteiger charge is 2.13. The Labute approximate surface area is 111 Å². The Kier molecular flexibility index (Phi) is 3.84. The summed E-state index contributed by atoms with van der Waals surface area (Å²) < 4.78 is 26.3. The number of rotatable bonds is 4. The predicted octanol–water partition coefficient (Wildman–Crippen LogP) is 2.68. The lowest BCUT2D eigenvalue weighted by Gasteiger charge is -2.08. The van der Waals surface area contributed by atoms with Gasteiger partial charge in [-0.1, -0.05) is 29.8 Å². The van der Waals surface area contributed by atoms with E-state index in [0.29, 0.717) is 16.3 Å². The van der Waals surface area contributed by atoms with Crippen molar-refractivity contribution in [2.75, 3.05) is 4.72 Å². The van der Waals surface area contributed by atoms with Crippen LogP contribution in [-0.4, -0.2) is 13.4 Å². The van der Waals surface area contributed by atoms with E-state index in [4.69, 9.17) is 11.6 Å². The minimum atomic E-state index is -3.47. The number of hydrogen-bond donors (Lipinski definition) is 1. The van der Waals surface area contributed by atoms with Gasteiger partial charge in [-0.3, -0.25) is 9.71 Å². The van der Waals surface area contributed by atoms with Crippen molar-refractivity contribution in [2.24, 2.45) is 0 Å². The molecule has 1 N–H and O–H groups in total. The SMILES string of the molecule is O=S(=O)(Cc1ccccc1Cl)Nc1ccncc1. The molecule has 2 rings (SSSR count). The highest BCUT2D eigenvalue weighted by atomic mass is 35.5. The molecule has 0 atom stereocenters. The van der Waals surface area contributed by atoms with Crippen LogP contribution in [0.25, 0.3) is 0 Å². The summed E-state index contributed by atoms with van der Waals surface area (Å²) in [4.78, 5) is 3.82. The Morgan fingerprint density at radius 2 is 1.78 bits per heavy atom. The molecule has 1 heterocycles. The van der Waals surface area contributed by atoms with Crippen molar-refractivity contribution in [3.05, 3.63) is 59.4 Å². The third kappa shape index (κ3) is 3.45. The van der Waals surface area contributed by atoms with Gasteiger partial charge in [-0.05, 0) is 23.8 Å². The maximum atomic E-state index is 11.9. The maximum Gasteiger partial charge on any atom is 0.236 e. The van der Waals surface area contributed by atoms with Crippen LogP contribution in [0, 0.1) is 0 Å². The summed E-state index contributed by atoms with van der Waals surface area (Å²) in [6.45, 7) is 0. The molecule has 0 bridgehead atoms. The summed E-state index contributed by atoms with van der Waals surface area (Å²) in [5, 5.41) is 0.442. The van der Waals surface area contributed by atoms with Crippen LogP contribution in [0.5, 0.6) is 0 Å². The molecular formula is C12H11ClN2O2S. The molecule has 0 spiro atoms. The minimum absolute atomic E-state index is 0.158. The van der Waals surface area contributed by atoms with E-state index in [-0.39, 0.29) is 5.75 Å². The van der Waals surface area contributed by atoms with Gasteiger partial charge in [0.25, 0.3) is 0 Å². The van der Waals surface area contributed by atoms with Gasteiger partial charge in [0, 0.05) is 17.4 Å². The minimum Gasteiger partial charge on any atom is -0.283 e. The number of halogens is 1. The molecule has 1 aromatic carbocycles. The number of nitrogens with one attached hydrogen (secondary N) is 1.